The highest BCUT2D eigenvalue weighted by molar-refractivity contribution is 9.11. The first-order valence-electron chi connectivity index (χ1n) is 6.05. The molecule has 0 aliphatic heterocycles. The number of benzene rings is 1. The lowest BCUT2D eigenvalue weighted by molar-refractivity contribution is -0.139. The quantitative estimate of drug-likeness (QED) is 0.693. The Labute approximate surface area is 134 Å². The highest BCUT2D eigenvalue weighted by atomic mass is 79.9. The number of rotatable bonds is 5. The summed E-state index contributed by atoms with van der Waals surface area (Å²) in [5.41, 5.74) is 0.569. The maximum absolute atomic E-state index is 11.8. The van der Waals surface area contributed by atoms with Gasteiger partial charge >= 0.3 is 12.0 Å². The van der Waals surface area contributed by atoms with E-state index in [-0.39, 0.29) is 5.92 Å². The molecule has 0 aliphatic rings. The summed E-state index contributed by atoms with van der Waals surface area (Å²) in [5.74, 6) is -0.862. The number of carboxylic acid groups (broad SMARTS) is 1. The van der Waals surface area contributed by atoms with Gasteiger partial charge in [0.15, 0.2) is 0 Å². The van der Waals surface area contributed by atoms with Gasteiger partial charge in [0.25, 0.3) is 0 Å². The molecule has 3 N–H and O–H groups in total. The number of halogens is 2. The van der Waals surface area contributed by atoms with E-state index in [0.717, 1.165) is 4.47 Å². The van der Waals surface area contributed by atoms with E-state index in [0.29, 0.717) is 16.6 Å². The molecule has 0 saturated heterocycles. The summed E-state index contributed by atoms with van der Waals surface area (Å²) in [6.07, 6.45) is 0.379. The van der Waals surface area contributed by atoms with Crippen molar-refractivity contribution in [3.8, 4) is 0 Å². The number of anilines is 1. The second-order valence-electron chi connectivity index (χ2n) is 4.74. The molecule has 0 heterocycles. The van der Waals surface area contributed by atoms with Crippen LogP contribution in [-0.4, -0.2) is 23.1 Å². The molecule has 0 aromatic heterocycles. The second kappa shape index (κ2) is 7.64. The Kier molecular flexibility index (Phi) is 6.48. The zero-order valence-corrected chi connectivity index (χ0v) is 14.3. The van der Waals surface area contributed by atoms with Crippen LogP contribution >= 0.6 is 31.9 Å². The van der Waals surface area contributed by atoms with Gasteiger partial charge in [-0.05, 0) is 46.5 Å². The molecular weight excluding hydrogens is 392 g/mol. The Bertz CT molecular complexity index is 506. The largest absolute Gasteiger partial charge is 0.480 e. The van der Waals surface area contributed by atoms with Crippen molar-refractivity contribution in [1.29, 1.82) is 0 Å². The lowest BCUT2D eigenvalue weighted by Crippen LogP contribution is -2.43. The minimum Gasteiger partial charge on any atom is -0.480 e. The molecule has 110 valence electrons. The predicted octanol–water partition coefficient (Wildman–Crippen LogP) is 3.83. The van der Waals surface area contributed by atoms with Gasteiger partial charge in [0.1, 0.15) is 6.04 Å². The number of amides is 2. The Balaban J connectivity index is 2.68. The van der Waals surface area contributed by atoms with E-state index >= 15 is 0 Å². The molecule has 2 amide bonds. The fraction of sp³-hybridized carbons (Fsp3) is 0.385. The van der Waals surface area contributed by atoms with E-state index in [4.69, 9.17) is 5.11 Å². The monoisotopic (exact) mass is 406 g/mol. The number of nitrogens with one attached hydrogen (secondary N) is 2. The Morgan fingerprint density at radius 3 is 2.45 bits per heavy atom. The zero-order valence-electron chi connectivity index (χ0n) is 11.1. The molecule has 1 aromatic rings. The maximum Gasteiger partial charge on any atom is 0.326 e. The minimum absolute atomic E-state index is 0.177. The van der Waals surface area contributed by atoms with E-state index < -0.39 is 18.0 Å². The molecule has 0 spiro atoms. The van der Waals surface area contributed by atoms with Gasteiger partial charge in [0.05, 0.1) is 5.69 Å². The van der Waals surface area contributed by atoms with Crippen molar-refractivity contribution in [2.45, 2.75) is 26.3 Å². The number of carbonyl (C=O) groups excluding carboxylic acids is 1. The van der Waals surface area contributed by atoms with Crippen LogP contribution in [0.1, 0.15) is 20.3 Å². The number of hydrogen-bond acceptors (Lipinski definition) is 2. The van der Waals surface area contributed by atoms with Crippen molar-refractivity contribution in [3.63, 3.8) is 0 Å². The fourth-order valence-electron chi connectivity index (χ4n) is 1.60. The van der Waals surface area contributed by atoms with Gasteiger partial charge < -0.3 is 15.7 Å². The summed E-state index contributed by atoms with van der Waals surface area (Å²) in [4.78, 5) is 22.9. The van der Waals surface area contributed by atoms with E-state index in [1.165, 1.54) is 0 Å². The lowest BCUT2D eigenvalue weighted by atomic mass is 10.0. The number of carbonyl (C=O) groups is 2. The fourth-order valence-corrected chi connectivity index (χ4v) is 2.75. The van der Waals surface area contributed by atoms with Crippen molar-refractivity contribution in [3.05, 3.63) is 27.1 Å². The van der Waals surface area contributed by atoms with Crippen molar-refractivity contribution >= 4 is 49.5 Å². The maximum atomic E-state index is 11.8. The molecule has 0 aliphatic carbocycles. The SMILES string of the molecule is CC(C)CC(NC(=O)Nc1ccc(Br)cc1Br)C(=O)O. The van der Waals surface area contributed by atoms with Gasteiger partial charge in [-0.1, -0.05) is 29.8 Å². The van der Waals surface area contributed by atoms with Gasteiger partial charge in [-0.25, -0.2) is 9.59 Å². The average molecular weight is 408 g/mol. The summed E-state index contributed by atoms with van der Waals surface area (Å²) in [6.45, 7) is 3.81. The Morgan fingerprint density at radius 2 is 1.95 bits per heavy atom. The van der Waals surface area contributed by atoms with Gasteiger partial charge in [0.2, 0.25) is 0 Å². The Morgan fingerprint density at radius 1 is 1.30 bits per heavy atom. The topological polar surface area (TPSA) is 78.4 Å². The van der Waals surface area contributed by atoms with E-state index in [9.17, 15) is 9.59 Å². The summed E-state index contributed by atoms with van der Waals surface area (Å²) in [6, 6.07) is 3.85. The van der Waals surface area contributed by atoms with Crippen LogP contribution in [0.2, 0.25) is 0 Å². The van der Waals surface area contributed by atoms with Crippen molar-refractivity contribution in [1.82, 2.24) is 5.32 Å². The number of aliphatic carboxylic acids is 1. The normalized spacial score (nSPS) is 12.1. The summed E-state index contributed by atoms with van der Waals surface area (Å²) >= 11 is 6.64. The van der Waals surface area contributed by atoms with Gasteiger partial charge in [0, 0.05) is 8.95 Å². The average Bonchev–Trinajstić information content (AvgIpc) is 2.31. The molecule has 0 bridgehead atoms. The van der Waals surface area contributed by atoms with Crippen LogP contribution in [-0.2, 0) is 4.79 Å². The van der Waals surface area contributed by atoms with Crippen LogP contribution in [0, 0.1) is 5.92 Å². The second-order valence-corrected chi connectivity index (χ2v) is 6.51. The molecule has 0 fully saturated rings. The highest BCUT2D eigenvalue weighted by Gasteiger charge is 2.21. The highest BCUT2D eigenvalue weighted by Crippen LogP contribution is 2.26. The van der Waals surface area contributed by atoms with Crippen LogP contribution < -0.4 is 10.6 Å². The van der Waals surface area contributed by atoms with Gasteiger partial charge in [-0.15, -0.1) is 0 Å². The summed E-state index contributed by atoms with van der Waals surface area (Å²) in [7, 11) is 0. The van der Waals surface area contributed by atoms with Gasteiger partial charge in [-0.2, -0.15) is 0 Å². The first-order valence-corrected chi connectivity index (χ1v) is 7.63. The molecule has 1 rings (SSSR count). The number of hydrogen-bond donors (Lipinski definition) is 3. The minimum atomic E-state index is -1.04. The first-order chi connectivity index (χ1) is 9.29. The molecule has 5 nitrogen and oxygen atoms in total. The van der Waals surface area contributed by atoms with Gasteiger partial charge in [-0.3, -0.25) is 0 Å². The molecule has 1 unspecified atom stereocenters. The Hall–Kier alpha value is -1.08. The van der Waals surface area contributed by atoms with Crippen molar-refractivity contribution < 1.29 is 14.7 Å². The molecular formula is C13H16Br2N2O3. The third-order valence-corrected chi connectivity index (χ3v) is 3.64. The predicted molar refractivity (Wildman–Crippen MR) is 84.9 cm³/mol. The van der Waals surface area contributed by atoms with Crippen molar-refractivity contribution in [2.24, 2.45) is 5.92 Å². The number of carboxylic acids is 1. The smallest absolute Gasteiger partial charge is 0.326 e. The molecule has 20 heavy (non-hydrogen) atoms. The standard InChI is InChI=1S/C13H16Br2N2O3/c1-7(2)5-11(12(18)19)17-13(20)16-10-4-3-8(14)6-9(10)15/h3-4,6-7,11H,5H2,1-2H3,(H,18,19)(H2,16,17,20). The summed E-state index contributed by atoms with van der Waals surface area (Å²) in [5, 5.41) is 14.1. The van der Waals surface area contributed by atoms with E-state index in [1.807, 2.05) is 13.8 Å². The van der Waals surface area contributed by atoms with Crippen LogP contribution in [0.3, 0.4) is 0 Å². The molecule has 1 aromatic carbocycles. The van der Waals surface area contributed by atoms with E-state index in [2.05, 4.69) is 42.5 Å². The van der Waals surface area contributed by atoms with Crippen LogP contribution in [0.5, 0.6) is 0 Å². The third-order valence-electron chi connectivity index (χ3n) is 2.49. The third kappa shape index (κ3) is 5.50. The zero-order chi connectivity index (χ0) is 15.3. The van der Waals surface area contributed by atoms with Crippen LogP contribution in [0.4, 0.5) is 10.5 Å². The van der Waals surface area contributed by atoms with E-state index in [1.54, 1.807) is 18.2 Å². The molecule has 7 heteroatoms. The summed E-state index contributed by atoms with van der Waals surface area (Å²) < 4.78 is 1.58. The molecule has 1 atom stereocenters. The van der Waals surface area contributed by atoms with Crippen LogP contribution in [0.25, 0.3) is 0 Å². The van der Waals surface area contributed by atoms with Crippen molar-refractivity contribution in [2.75, 3.05) is 5.32 Å². The molecule has 0 saturated carbocycles. The lowest BCUT2D eigenvalue weighted by Gasteiger charge is -2.17. The van der Waals surface area contributed by atoms with Crippen LogP contribution in [0.15, 0.2) is 27.1 Å². The molecule has 0 radical (unpaired) electrons. The first kappa shape index (κ1) is 17.0. The number of urea groups is 1.